The summed E-state index contributed by atoms with van der Waals surface area (Å²) in [6, 6.07) is 7.02. The average molecular weight is 404 g/mol. The molecule has 150 valence electrons. The van der Waals surface area contributed by atoms with E-state index in [2.05, 4.69) is 15.1 Å². The number of thioether (sulfide) groups is 1. The van der Waals surface area contributed by atoms with Gasteiger partial charge in [-0.3, -0.25) is 9.69 Å². The van der Waals surface area contributed by atoms with Crippen LogP contribution in [-0.2, 0) is 18.4 Å². The molecule has 28 heavy (non-hydrogen) atoms. The van der Waals surface area contributed by atoms with Crippen molar-refractivity contribution in [3.63, 3.8) is 0 Å². The topological polar surface area (TPSA) is 54.3 Å². The Morgan fingerprint density at radius 3 is 2.89 bits per heavy atom. The quantitative estimate of drug-likeness (QED) is 0.719. The van der Waals surface area contributed by atoms with Gasteiger partial charge in [-0.15, -0.1) is 10.2 Å². The Kier molecular flexibility index (Phi) is 5.68. The molecule has 8 heteroatoms. The first kappa shape index (κ1) is 19.4. The molecule has 2 aliphatic heterocycles. The molecule has 0 radical (unpaired) electrons. The third kappa shape index (κ3) is 4.22. The molecule has 1 aromatic heterocycles. The number of carbonyl (C=O) groups excluding carboxylic acids is 1. The summed E-state index contributed by atoms with van der Waals surface area (Å²) in [6.45, 7) is 4.18. The second kappa shape index (κ2) is 8.21. The molecular formula is C20H26FN5OS. The average Bonchev–Trinajstić information content (AvgIpc) is 3.28. The van der Waals surface area contributed by atoms with Crippen molar-refractivity contribution < 1.29 is 9.18 Å². The van der Waals surface area contributed by atoms with Gasteiger partial charge in [-0.1, -0.05) is 30.0 Å². The third-order valence-electron chi connectivity index (χ3n) is 5.88. The molecule has 0 aliphatic carbocycles. The van der Waals surface area contributed by atoms with Gasteiger partial charge in [0.05, 0.1) is 5.75 Å². The van der Waals surface area contributed by atoms with Crippen molar-refractivity contribution in [3.05, 3.63) is 42.0 Å². The summed E-state index contributed by atoms with van der Waals surface area (Å²) in [5.41, 5.74) is 0.903. The zero-order chi connectivity index (χ0) is 19.6. The lowest BCUT2D eigenvalue weighted by molar-refractivity contribution is -0.127. The Bertz CT molecular complexity index is 844. The van der Waals surface area contributed by atoms with E-state index >= 15 is 0 Å². The van der Waals surface area contributed by atoms with Crippen LogP contribution in [0.5, 0.6) is 0 Å². The standard InChI is InChI=1S/C20H26FN5OS/c1-24-15-22-23-19(24)28-12-18(27)26-10-8-20(14-26)7-4-9-25(13-20)11-16-5-2-3-6-17(16)21/h2-3,5-6,15H,4,7-14H2,1H3. The van der Waals surface area contributed by atoms with Crippen molar-refractivity contribution in [2.45, 2.75) is 31.0 Å². The number of hydrogen-bond donors (Lipinski definition) is 0. The van der Waals surface area contributed by atoms with Gasteiger partial charge in [0.2, 0.25) is 5.91 Å². The molecular weight excluding hydrogens is 377 g/mol. The van der Waals surface area contributed by atoms with Gasteiger partial charge in [0.1, 0.15) is 12.1 Å². The van der Waals surface area contributed by atoms with Crippen LogP contribution in [0.2, 0.25) is 0 Å². The summed E-state index contributed by atoms with van der Waals surface area (Å²) in [5, 5.41) is 8.63. The predicted molar refractivity (Wildman–Crippen MR) is 106 cm³/mol. The molecule has 1 atom stereocenters. The van der Waals surface area contributed by atoms with E-state index in [1.165, 1.54) is 17.8 Å². The normalized spacial score (nSPS) is 22.9. The molecule has 1 aromatic carbocycles. The van der Waals surface area contributed by atoms with Gasteiger partial charge in [0, 0.05) is 44.2 Å². The highest BCUT2D eigenvalue weighted by atomic mass is 32.2. The minimum Gasteiger partial charge on any atom is -0.341 e. The summed E-state index contributed by atoms with van der Waals surface area (Å²) in [6.07, 6.45) is 4.91. The van der Waals surface area contributed by atoms with Crippen molar-refractivity contribution in [1.82, 2.24) is 24.6 Å². The van der Waals surface area contributed by atoms with E-state index < -0.39 is 0 Å². The van der Waals surface area contributed by atoms with Crippen LogP contribution >= 0.6 is 11.8 Å². The molecule has 0 N–H and O–H groups in total. The van der Waals surface area contributed by atoms with Gasteiger partial charge in [0.15, 0.2) is 5.16 Å². The highest BCUT2D eigenvalue weighted by Gasteiger charge is 2.42. The first-order chi connectivity index (χ1) is 13.5. The van der Waals surface area contributed by atoms with Gasteiger partial charge in [-0.25, -0.2) is 4.39 Å². The van der Waals surface area contributed by atoms with E-state index in [1.54, 1.807) is 12.4 Å². The second-order valence-corrected chi connectivity index (χ2v) is 8.93. The number of aromatic nitrogens is 3. The maximum absolute atomic E-state index is 14.0. The number of halogens is 1. The van der Waals surface area contributed by atoms with Crippen molar-refractivity contribution in [1.29, 1.82) is 0 Å². The largest absolute Gasteiger partial charge is 0.341 e. The van der Waals surface area contributed by atoms with Gasteiger partial charge in [-0.05, 0) is 31.9 Å². The molecule has 2 aliphatic rings. The first-order valence-corrected chi connectivity index (χ1v) is 10.7. The number of likely N-dealkylation sites (tertiary alicyclic amines) is 2. The van der Waals surface area contributed by atoms with Gasteiger partial charge < -0.3 is 9.47 Å². The maximum Gasteiger partial charge on any atom is 0.233 e. The van der Waals surface area contributed by atoms with Crippen LogP contribution in [0.4, 0.5) is 4.39 Å². The lowest BCUT2D eigenvalue weighted by Crippen LogP contribution is -2.45. The Hall–Kier alpha value is -1.93. The van der Waals surface area contributed by atoms with Gasteiger partial charge in [0.25, 0.3) is 0 Å². The van der Waals surface area contributed by atoms with E-state index in [0.717, 1.165) is 56.2 Å². The van der Waals surface area contributed by atoms with Crippen molar-refractivity contribution >= 4 is 17.7 Å². The fourth-order valence-corrected chi connectivity index (χ4v) is 5.21. The highest BCUT2D eigenvalue weighted by Crippen LogP contribution is 2.39. The molecule has 3 heterocycles. The number of aryl methyl sites for hydroxylation is 1. The summed E-state index contributed by atoms with van der Waals surface area (Å²) < 4.78 is 15.8. The number of piperidine rings is 1. The number of benzene rings is 1. The summed E-state index contributed by atoms with van der Waals surface area (Å²) in [4.78, 5) is 17.0. The van der Waals surface area contributed by atoms with E-state index in [9.17, 15) is 9.18 Å². The number of rotatable bonds is 5. The Labute approximate surface area is 169 Å². The molecule has 1 spiro atoms. The number of amides is 1. The van der Waals surface area contributed by atoms with Crippen LogP contribution in [0.25, 0.3) is 0 Å². The minimum absolute atomic E-state index is 0.133. The van der Waals surface area contributed by atoms with E-state index in [4.69, 9.17) is 0 Å². The van der Waals surface area contributed by atoms with Crippen LogP contribution in [-0.4, -0.2) is 62.4 Å². The van der Waals surface area contributed by atoms with Crippen molar-refractivity contribution in [2.24, 2.45) is 12.5 Å². The second-order valence-electron chi connectivity index (χ2n) is 7.98. The number of hydrogen-bond acceptors (Lipinski definition) is 5. The van der Waals surface area contributed by atoms with Crippen LogP contribution in [0.3, 0.4) is 0 Å². The predicted octanol–water partition coefficient (Wildman–Crippen LogP) is 2.56. The lowest BCUT2D eigenvalue weighted by Gasteiger charge is -2.40. The third-order valence-corrected chi connectivity index (χ3v) is 6.90. The monoisotopic (exact) mass is 403 g/mol. The fraction of sp³-hybridized carbons (Fsp3) is 0.550. The molecule has 0 bridgehead atoms. The summed E-state index contributed by atoms with van der Waals surface area (Å²) in [7, 11) is 1.88. The smallest absolute Gasteiger partial charge is 0.233 e. The molecule has 2 saturated heterocycles. The Morgan fingerprint density at radius 1 is 1.25 bits per heavy atom. The van der Waals surface area contributed by atoms with Crippen LogP contribution in [0, 0.1) is 11.2 Å². The Balaban J connectivity index is 1.33. The van der Waals surface area contributed by atoms with Crippen LogP contribution in [0.1, 0.15) is 24.8 Å². The fourth-order valence-electron chi connectivity index (χ4n) is 4.41. The molecule has 2 fully saturated rings. The SMILES string of the molecule is Cn1cnnc1SCC(=O)N1CCC2(CCCN(Cc3ccccc3F)C2)C1. The minimum atomic E-state index is -0.133. The number of carbonyl (C=O) groups is 1. The van der Waals surface area contributed by atoms with Crippen molar-refractivity contribution in [2.75, 3.05) is 31.9 Å². The maximum atomic E-state index is 14.0. The van der Waals surface area contributed by atoms with Crippen LogP contribution < -0.4 is 0 Å². The molecule has 1 amide bonds. The van der Waals surface area contributed by atoms with E-state index in [-0.39, 0.29) is 17.1 Å². The first-order valence-electron chi connectivity index (χ1n) is 9.75. The van der Waals surface area contributed by atoms with Gasteiger partial charge >= 0.3 is 0 Å². The summed E-state index contributed by atoms with van der Waals surface area (Å²) >= 11 is 1.43. The molecule has 4 rings (SSSR count). The molecule has 6 nitrogen and oxygen atoms in total. The van der Waals surface area contributed by atoms with Crippen molar-refractivity contribution in [3.8, 4) is 0 Å². The molecule has 1 unspecified atom stereocenters. The zero-order valence-corrected chi connectivity index (χ0v) is 17.0. The zero-order valence-electron chi connectivity index (χ0n) is 16.2. The summed E-state index contributed by atoms with van der Waals surface area (Å²) in [5.74, 6) is 0.420. The van der Waals surface area contributed by atoms with Crippen LogP contribution in [0.15, 0.2) is 35.7 Å². The number of nitrogens with zero attached hydrogens (tertiary/aromatic N) is 5. The Morgan fingerprint density at radius 2 is 2.11 bits per heavy atom. The highest BCUT2D eigenvalue weighted by molar-refractivity contribution is 7.99. The van der Waals surface area contributed by atoms with E-state index in [0.29, 0.717) is 12.3 Å². The van der Waals surface area contributed by atoms with E-state index in [1.807, 2.05) is 28.6 Å². The molecule has 0 saturated carbocycles. The molecule has 2 aromatic rings. The lowest BCUT2D eigenvalue weighted by atomic mass is 9.79. The van der Waals surface area contributed by atoms with Gasteiger partial charge in [-0.2, -0.15) is 0 Å².